The maximum atomic E-state index is 13.3. The Morgan fingerprint density at radius 2 is 1.83 bits per heavy atom. The summed E-state index contributed by atoms with van der Waals surface area (Å²) >= 11 is 0. The van der Waals surface area contributed by atoms with Crippen molar-refractivity contribution in [1.29, 1.82) is 0 Å². The van der Waals surface area contributed by atoms with Gasteiger partial charge in [0.1, 0.15) is 5.75 Å². The van der Waals surface area contributed by atoms with Gasteiger partial charge >= 0.3 is 0 Å². The molecular formula is C26H26N2O2. The first kappa shape index (κ1) is 19.9. The molecule has 1 N–H and O–H groups in total. The molecule has 4 rings (SSSR count). The third-order valence-corrected chi connectivity index (χ3v) is 5.06. The van der Waals surface area contributed by atoms with Gasteiger partial charge in [0.2, 0.25) is 0 Å². The number of hydrogen-bond acceptors (Lipinski definition) is 4. The Hall–Kier alpha value is -3.40. The first-order chi connectivity index (χ1) is 14.6. The summed E-state index contributed by atoms with van der Waals surface area (Å²) in [6, 6.07) is 21.2. The average Bonchev–Trinajstić information content (AvgIpc) is 2.95. The third-order valence-electron chi connectivity index (χ3n) is 5.06. The standard InChI is InChI=1S/C26H26N2O2/c1-4-30-24-14-6-5-10-21(24)26(29)18-9-7-11-19-20-12-8-13-22(27-16-17(2)3)25(20)28-23(19)15-18/h5-15,17,27H,4,16H2,1-3H3. The molecule has 1 heterocycles. The number of ether oxygens (including phenoxy) is 1. The number of para-hydroxylation sites is 2. The number of rotatable bonds is 7. The van der Waals surface area contributed by atoms with E-state index in [4.69, 9.17) is 9.72 Å². The van der Waals surface area contributed by atoms with E-state index in [1.165, 1.54) is 0 Å². The van der Waals surface area contributed by atoms with Crippen molar-refractivity contribution in [3.05, 3.63) is 77.9 Å². The number of carbonyl (C=O) groups is 1. The molecule has 0 atom stereocenters. The van der Waals surface area contributed by atoms with Crippen molar-refractivity contribution in [3.8, 4) is 17.0 Å². The molecule has 0 spiro atoms. The summed E-state index contributed by atoms with van der Waals surface area (Å²) in [5.41, 5.74) is 4.97. The maximum Gasteiger partial charge on any atom is 0.196 e. The predicted octanol–water partition coefficient (Wildman–Crippen LogP) is 6.04. The zero-order valence-electron chi connectivity index (χ0n) is 17.6. The summed E-state index contributed by atoms with van der Waals surface area (Å²) in [7, 11) is 0. The molecule has 2 aliphatic rings. The number of ketones is 1. The Bertz CT molecular complexity index is 1170. The minimum atomic E-state index is -0.0678. The van der Waals surface area contributed by atoms with E-state index in [1.54, 1.807) is 6.07 Å². The Morgan fingerprint density at radius 1 is 1.03 bits per heavy atom. The molecule has 0 saturated carbocycles. The number of fused-ring (bicyclic) bond motifs is 3. The summed E-state index contributed by atoms with van der Waals surface area (Å²) in [6.07, 6.45) is 0. The summed E-state index contributed by atoms with van der Waals surface area (Å²) in [4.78, 5) is 18.1. The van der Waals surface area contributed by atoms with Crippen LogP contribution in [0.1, 0.15) is 36.7 Å². The van der Waals surface area contributed by atoms with Gasteiger partial charge in [0, 0.05) is 23.1 Å². The van der Waals surface area contributed by atoms with E-state index in [1.807, 2.05) is 55.5 Å². The highest BCUT2D eigenvalue weighted by Crippen LogP contribution is 2.35. The fraction of sp³-hybridized carbons (Fsp3) is 0.231. The highest BCUT2D eigenvalue weighted by atomic mass is 16.5. The molecule has 0 amide bonds. The molecule has 0 saturated heterocycles. The summed E-state index contributed by atoms with van der Waals surface area (Å²) < 4.78 is 5.66. The molecule has 4 nitrogen and oxygen atoms in total. The molecule has 30 heavy (non-hydrogen) atoms. The molecule has 0 unspecified atom stereocenters. The van der Waals surface area contributed by atoms with E-state index in [2.05, 4.69) is 31.3 Å². The number of benzene rings is 2. The van der Waals surface area contributed by atoms with Crippen LogP contribution in [0.5, 0.6) is 5.75 Å². The number of carbonyl (C=O) groups excluding carboxylic acids is 1. The second kappa shape index (κ2) is 8.54. The number of nitrogens with one attached hydrogen (secondary N) is 1. The molecule has 1 aliphatic carbocycles. The van der Waals surface area contributed by atoms with Crippen LogP contribution in [0.4, 0.5) is 5.69 Å². The lowest BCUT2D eigenvalue weighted by molar-refractivity contribution is 0.103. The smallest absolute Gasteiger partial charge is 0.196 e. The van der Waals surface area contributed by atoms with Crippen molar-refractivity contribution >= 4 is 22.4 Å². The van der Waals surface area contributed by atoms with Crippen LogP contribution < -0.4 is 10.1 Å². The van der Waals surface area contributed by atoms with Gasteiger partial charge in [-0.2, -0.15) is 0 Å². The topological polar surface area (TPSA) is 51.2 Å². The highest BCUT2D eigenvalue weighted by molar-refractivity contribution is 6.12. The first-order valence-corrected chi connectivity index (χ1v) is 10.4. The van der Waals surface area contributed by atoms with Crippen LogP contribution in [0.15, 0.2) is 66.7 Å². The van der Waals surface area contributed by atoms with Crippen LogP contribution in [0.3, 0.4) is 0 Å². The van der Waals surface area contributed by atoms with Crippen molar-refractivity contribution < 1.29 is 9.53 Å². The Balaban J connectivity index is 1.78. The monoisotopic (exact) mass is 398 g/mol. The van der Waals surface area contributed by atoms with Gasteiger partial charge in [-0.25, -0.2) is 4.98 Å². The molecule has 0 bridgehead atoms. The molecular weight excluding hydrogens is 372 g/mol. The Morgan fingerprint density at radius 3 is 2.63 bits per heavy atom. The van der Waals surface area contributed by atoms with Crippen molar-refractivity contribution in [3.63, 3.8) is 0 Å². The van der Waals surface area contributed by atoms with E-state index in [-0.39, 0.29) is 5.78 Å². The van der Waals surface area contributed by atoms with Crippen molar-refractivity contribution in [2.45, 2.75) is 20.8 Å². The van der Waals surface area contributed by atoms with E-state index < -0.39 is 0 Å². The normalized spacial score (nSPS) is 11.2. The zero-order chi connectivity index (χ0) is 21.1. The van der Waals surface area contributed by atoms with Crippen LogP contribution in [-0.2, 0) is 0 Å². The summed E-state index contributed by atoms with van der Waals surface area (Å²) in [5, 5.41) is 4.58. The van der Waals surface area contributed by atoms with Crippen LogP contribution >= 0.6 is 0 Å². The largest absolute Gasteiger partial charge is 0.493 e. The van der Waals surface area contributed by atoms with E-state index in [0.29, 0.717) is 29.4 Å². The van der Waals surface area contributed by atoms with Gasteiger partial charge < -0.3 is 10.1 Å². The second-order valence-corrected chi connectivity index (χ2v) is 7.77. The minimum Gasteiger partial charge on any atom is -0.493 e. The van der Waals surface area contributed by atoms with Gasteiger partial charge in [0.05, 0.1) is 29.1 Å². The predicted molar refractivity (Wildman–Crippen MR) is 123 cm³/mol. The molecule has 2 aromatic carbocycles. The molecule has 4 heteroatoms. The van der Waals surface area contributed by atoms with Gasteiger partial charge in [0.25, 0.3) is 0 Å². The van der Waals surface area contributed by atoms with Crippen LogP contribution in [0.2, 0.25) is 0 Å². The number of aromatic nitrogens is 1. The van der Waals surface area contributed by atoms with Gasteiger partial charge in [-0.15, -0.1) is 0 Å². The SMILES string of the molecule is CCOc1ccccc1C(=O)c1cccc2c3cccc(NCC(C)C)c3nc-2c1. The van der Waals surface area contributed by atoms with E-state index in [9.17, 15) is 4.79 Å². The minimum absolute atomic E-state index is 0.0678. The average molecular weight is 399 g/mol. The lowest BCUT2D eigenvalue weighted by atomic mass is 10.0. The van der Waals surface area contributed by atoms with Gasteiger partial charge in [-0.3, -0.25) is 4.79 Å². The highest BCUT2D eigenvalue weighted by Gasteiger charge is 2.18. The molecule has 152 valence electrons. The molecule has 0 aromatic heterocycles. The fourth-order valence-electron chi connectivity index (χ4n) is 3.62. The van der Waals surface area contributed by atoms with Crippen molar-refractivity contribution in [2.75, 3.05) is 18.5 Å². The molecule has 2 aromatic rings. The van der Waals surface area contributed by atoms with Crippen LogP contribution in [-0.4, -0.2) is 23.9 Å². The zero-order valence-corrected chi connectivity index (χ0v) is 17.6. The fourth-order valence-corrected chi connectivity index (χ4v) is 3.62. The molecule has 0 radical (unpaired) electrons. The Labute approximate surface area is 177 Å². The van der Waals surface area contributed by atoms with Gasteiger partial charge in [-0.05, 0) is 37.1 Å². The van der Waals surface area contributed by atoms with Crippen LogP contribution in [0.25, 0.3) is 22.2 Å². The quantitative estimate of drug-likeness (QED) is 0.386. The molecule has 0 fully saturated rings. The van der Waals surface area contributed by atoms with Crippen LogP contribution in [0, 0.1) is 5.92 Å². The lowest BCUT2D eigenvalue weighted by Gasteiger charge is -2.09. The third kappa shape index (κ3) is 3.86. The number of anilines is 1. The lowest BCUT2D eigenvalue weighted by Crippen LogP contribution is -2.08. The number of nitrogens with zero attached hydrogens (tertiary/aromatic N) is 1. The second-order valence-electron chi connectivity index (χ2n) is 7.77. The summed E-state index contributed by atoms with van der Waals surface area (Å²) in [6.45, 7) is 7.67. The maximum absolute atomic E-state index is 13.3. The van der Waals surface area contributed by atoms with E-state index >= 15 is 0 Å². The number of hydrogen-bond donors (Lipinski definition) is 1. The summed E-state index contributed by atoms with van der Waals surface area (Å²) in [5.74, 6) is 1.08. The first-order valence-electron chi connectivity index (χ1n) is 10.4. The molecule has 1 aliphatic heterocycles. The Kier molecular flexibility index (Phi) is 5.66. The van der Waals surface area contributed by atoms with Crippen molar-refractivity contribution in [1.82, 2.24) is 4.98 Å². The van der Waals surface area contributed by atoms with Crippen molar-refractivity contribution in [2.24, 2.45) is 5.92 Å². The van der Waals surface area contributed by atoms with Gasteiger partial charge in [0.15, 0.2) is 5.78 Å². The van der Waals surface area contributed by atoms with Gasteiger partial charge in [-0.1, -0.05) is 56.3 Å². The van der Waals surface area contributed by atoms with E-state index in [0.717, 1.165) is 34.4 Å².